The van der Waals surface area contributed by atoms with Crippen molar-refractivity contribution in [3.63, 3.8) is 0 Å². The van der Waals surface area contributed by atoms with Gasteiger partial charge >= 0.3 is 0 Å². The van der Waals surface area contributed by atoms with Gasteiger partial charge in [-0.1, -0.05) is 214 Å². The third-order valence-electron chi connectivity index (χ3n) is 9.27. The topological polar surface area (TPSA) is 0 Å². The summed E-state index contributed by atoms with van der Waals surface area (Å²) < 4.78 is 1.14. The molecule has 2 atom stereocenters. The summed E-state index contributed by atoms with van der Waals surface area (Å²) in [6, 6.07) is 0. The number of allylic oxidation sites excluding steroid dienone is 1. The quantitative estimate of drug-likeness (QED) is 0.0464. The Hall–Kier alpha value is 0.260. The molecule has 0 saturated heterocycles. The van der Waals surface area contributed by atoms with Crippen molar-refractivity contribution in [2.75, 3.05) is 0 Å². The number of hydrogen-bond acceptors (Lipinski definition) is 0. The molecule has 0 aliphatic carbocycles. The molecule has 0 amide bonds. The molecule has 0 aromatic carbocycles. The molecule has 0 rings (SSSR count). The molecule has 0 heterocycles. The minimum atomic E-state index is 0.552. The van der Waals surface area contributed by atoms with E-state index in [1.165, 1.54) is 205 Å². The maximum Gasteiger partial charge on any atom is 0.0567 e. The molecule has 44 heavy (non-hydrogen) atoms. The number of halogens is 2. The van der Waals surface area contributed by atoms with E-state index in [2.05, 4.69) is 71.6 Å². The minimum absolute atomic E-state index is 0.552. The molecule has 0 fully saturated rings. The van der Waals surface area contributed by atoms with E-state index in [1.807, 2.05) is 0 Å². The Morgan fingerprint density at radius 2 is 0.682 bits per heavy atom. The van der Waals surface area contributed by atoms with Crippen molar-refractivity contribution < 1.29 is 0 Å². The lowest BCUT2D eigenvalue weighted by Gasteiger charge is -2.13. The molecule has 0 radical (unpaired) electrons. The highest BCUT2D eigenvalue weighted by Crippen LogP contribution is 2.25. The smallest absolute Gasteiger partial charge is 0.0567 e. The van der Waals surface area contributed by atoms with Crippen molar-refractivity contribution in [2.24, 2.45) is 11.8 Å². The molecule has 0 bridgehead atoms. The summed E-state index contributed by atoms with van der Waals surface area (Å²) >= 11 is 7.11. The lowest BCUT2D eigenvalue weighted by Crippen LogP contribution is -1.98. The van der Waals surface area contributed by atoms with Crippen LogP contribution in [0.1, 0.15) is 233 Å². The van der Waals surface area contributed by atoms with E-state index in [4.69, 9.17) is 6.42 Å². The zero-order chi connectivity index (χ0) is 32.8. The molecule has 0 spiro atoms. The van der Waals surface area contributed by atoms with E-state index >= 15 is 0 Å². The van der Waals surface area contributed by atoms with Crippen LogP contribution in [0, 0.1) is 24.2 Å². The second-order valence-corrected chi connectivity index (χ2v) is 16.5. The molecule has 0 aliphatic rings. The van der Waals surface area contributed by atoms with Gasteiger partial charge in [-0.3, -0.25) is 0 Å². The third kappa shape index (κ3) is 40.3. The van der Waals surface area contributed by atoms with Crippen molar-refractivity contribution in [1.82, 2.24) is 0 Å². The minimum Gasteiger partial charge on any atom is -0.120 e. The van der Waals surface area contributed by atoms with Crippen molar-refractivity contribution in [2.45, 2.75) is 233 Å². The Balaban J connectivity index is 0. The lowest BCUT2D eigenvalue weighted by molar-refractivity contribution is 0.464. The maximum atomic E-state index is 5.68. The van der Waals surface area contributed by atoms with Gasteiger partial charge in [0.15, 0.2) is 0 Å². The molecular formula is C42H80Br2. The van der Waals surface area contributed by atoms with Gasteiger partial charge in [-0.05, 0) is 63.5 Å². The fraction of sp³-hybridized carbons (Fsp3) is 0.905. The second-order valence-electron chi connectivity index (χ2n) is 13.7. The molecule has 262 valence electrons. The molecule has 2 unspecified atom stereocenters. The van der Waals surface area contributed by atoms with E-state index < -0.39 is 0 Å². The van der Waals surface area contributed by atoms with E-state index in [1.54, 1.807) is 0 Å². The highest BCUT2D eigenvalue weighted by atomic mass is 79.9. The summed E-state index contributed by atoms with van der Waals surface area (Å²) in [5.74, 6) is 4.33. The number of terminal acetylenes is 1. The van der Waals surface area contributed by atoms with Gasteiger partial charge < -0.3 is 0 Å². The highest BCUT2D eigenvalue weighted by molar-refractivity contribution is 9.28. The van der Waals surface area contributed by atoms with Gasteiger partial charge in [0.05, 0.1) is 3.39 Å². The van der Waals surface area contributed by atoms with Crippen LogP contribution in [0.25, 0.3) is 0 Å². The van der Waals surface area contributed by atoms with Crippen molar-refractivity contribution in [3.05, 3.63) is 9.47 Å². The van der Waals surface area contributed by atoms with Gasteiger partial charge in [-0.25, -0.2) is 0 Å². The van der Waals surface area contributed by atoms with Crippen LogP contribution in [-0.4, -0.2) is 0 Å². The predicted octanol–water partition coefficient (Wildman–Crippen LogP) is 17.0. The van der Waals surface area contributed by atoms with E-state index in [0.29, 0.717) is 5.92 Å². The van der Waals surface area contributed by atoms with E-state index in [9.17, 15) is 0 Å². The molecule has 0 aromatic heterocycles. The number of rotatable bonds is 33. The summed E-state index contributed by atoms with van der Waals surface area (Å²) in [6.45, 7) is 9.14. The first-order chi connectivity index (χ1) is 21.5. The normalized spacial score (nSPS) is 12.3. The summed E-state index contributed by atoms with van der Waals surface area (Å²) in [4.78, 5) is 0. The van der Waals surface area contributed by atoms with Gasteiger partial charge in [-0.15, -0.1) is 12.3 Å². The fourth-order valence-corrected chi connectivity index (χ4v) is 6.97. The maximum absolute atomic E-state index is 5.68. The first kappa shape index (κ1) is 46.4. The van der Waals surface area contributed by atoms with Gasteiger partial charge in [0.25, 0.3) is 0 Å². The average molecular weight is 745 g/mol. The lowest BCUT2D eigenvalue weighted by atomic mass is 9.94. The van der Waals surface area contributed by atoms with Crippen LogP contribution >= 0.6 is 31.9 Å². The van der Waals surface area contributed by atoms with Gasteiger partial charge in [0.2, 0.25) is 0 Å². The van der Waals surface area contributed by atoms with Crippen LogP contribution in [0.15, 0.2) is 9.47 Å². The fourth-order valence-electron chi connectivity index (χ4n) is 6.22. The Kier molecular flexibility index (Phi) is 43.5. The third-order valence-corrected chi connectivity index (χ3v) is 9.80. The first-order valence-corrected chi connectivity index (χ1v) is 21.6. The van der Waals surface area contributed by atoms with E-state index in [-0.39, 0.29) is 0 Å². The van der Waals surface area contributed by atoms with Crippen LogP contribution in [0.5, 0.6) is 0 Å². The van der Waals surface area contributed by atoms with Crippen LogP contribution in [0.4, 0.5) is 0 Å². The van der Waals surface area contributed by atoms with Crippen molar-refractivity contribution in [3.8, 4) is 12.3 Å². The Morgan fingerprint density at radius 1 is 0.432 bits per heavy atom. The first-order valence-electron chi connectivity index (χ1n) is 20.0. The molecule has 0 N–H and O–H groups in total. The zero-order valence-corrected chi connectivity index (χ0v) is 33.9. The molecule has 0 nitrogen and oxygen atoms in total. The second kappa shape index (κ2) is 41.3. The molecular weight excluding hydrogens is 664 g/mol. The largest absolute Gasteiger partial charge is 0.120 e. The Morgan fingerprint density at radius 3 is 0.932 bits per heavy atom. The predicted molar refractivity (Wildman–Crippen MR) is 212 cm³/mol. The van der Waals surface area contributed by atoms with Gasteiger partial charge in [-0.2, -0.15) is 0 Å². The highest BCUT2D eigenvalue weighted by Gasteiger charge is 2.07. The molecule has 0 saturated carbocycles. The van der Waals surface area contributed by atoms with Gasteiger partial charge in [0.1, 0.15) is 0 Å². The Bertz CT molecular complexity index is 585. The number of unbranched alkanes of at least 4 members (excludes halogenated alkanes) is 24. The van der Waals surface area contributed by atoms with Crippen LogP contribution in [0.2, 0.25) is 0 Å². The SMILES string of the molecule is C#CC(CCCCCCCC)CCCCCCCCCC.CCCCCCCCCCC(C=C(Br)Br)CCCCCCCC. The summed E-state index contributed by atoms with van der Waals surface area (Å²) in [5.41, 5.74) is 0. The monoisotopic (exact) mass is 742 g/mol. The summed E-state index contributed by atoms with van der Waals surface area (Å²) in [7, 11) is 0. The van der Waals surface area contributed by atoms with E-state index in [0.717, 1.165) is 9.31 Å². The van der Waals surface area contributed by atoms with Crippen LogP contribution in [-0.2, 0) is 0 Å². The molecule has 2 heteroatoms. The van der Waals surface area contributed by atoms with Crippen LogP contribution in [0.3, 0.4) is 0 Å². The zero-order valence-electron chi connectivity index (χ0n) is 30.7. The number of hydrogen-bond donors (Lipinski definition) is 0. The van der Waals surface area contributed by atoms with Crippen LogP contribution < -0.4 is 0 Å². The Labute approximate surface area is 297 Å². The molecule has 0 aliphatic heterocycles. The van der Waals surface area contributed by atoms with Gasteiger partial charge in [0, 0.05) is 5.92 Å². The summed E-state index contributed by atoms with van der Waals surface area (Å²) in [5, 5.41) is 0. The van der Waals surface area contributed by atoms with Crippen molar-refractivity contribution in [1.29, 1.82) is 0 Å². The summed E-state index contributed by atoms with van der Waals surface area (Å²) in [6.07, 6.45) is 52.6. The van der Waals surface area contributed by atoms with Crippen molar-refractivity contribution >= 4 is 31.9 Å². The molecule has 0 aromatic rings. The standard InChI is InChI=1S/C21H40Br2.C21H40/c1-3-5-7-9-11-12-14-16-18-20(19-21(22)23)17-15-13-10-8-6-4-2;1-4-7-9-11-13-14-16-18-20-21(6-3)19-17-15-12-10-8-5-2/h19-20H,3-18H2,1-2H3;3,21H,4-5,7-20H2,1-2H3. The average Bonchev–Trinajstić information content (AvgIpc) is 3.02.